The lowest BCUT2D eigenvalue weighted by molar-refractivity contribution is 0.171. The van der Waals surface area contributed by atoms with E-state index < -0.39 is 0 Å². The van der Waals surface area contributed by atoms with Crippen LogP contribution in [-0.2, 0) is 6.54 Å². The Morgan fingerprint density at radius 2 is 1.94 bits per heavy atom. The molecular weight excluding hydrogens is 421 g/mol. The van der Waals surface area contributed by atoms with Gasteiger partial charge in [0.1, 0.15) is 23.6 Å². The van der Waals surface area contributed by atoms with Crippen molar-refractivity contribution in [2.45, 2.75) is 19.5 Å². The van der Waals surface area contributed by atoms with Gasteiger partial charge in [-0.1, -0.05) is 12.1 Å². The zero-order valence-electron chi connectivity index (χ0n) is 18.2. The third-order valence-corrected chi connectivity index (χ3v) is 5.94. The number of rotatable bonds is 4. The van der Waals surface area contributed by atoms with Crippen molar-refractivity contribution in [1.82, 2.24) is 30.2 Å². The Hall–Kier alpha value is -4.01. The lowest BCUT2D eigenvalue weighted by Crippen LogP contribution is -2.56. The molecule has 3 aromatic heterocycles. The second-order valence-electron chi connectivity index (χ2n) is 8.15. The minimum atomic E-state index is -0.288. The molecule has 1 atom stereocenters. The molecule has 4 heterocycles. The molecule has 0 unspecified atom stereocenters. The first-order chi connectivity index (χ1) is 16.1. The highest BCUT2D eigenvalue weighted by Gasteiger charge is 2.29. The predicted octanol–water partition coefficient (Wildman–Crippen LogP) is 3.58. The molecule has 2 amide bonds. The molecule has 1 saturated heterocycles. The zero-order valence-corrected chi connectivity index (χ0v) is 18.2. The van der Waals surface area contributed by atoms with Crippen molar-refractivity contribution in [3.8, 4) is 11.3 Å². The van der Waals surface area contributed by atoms with Crippen molar-refractivity contribution in [3.63, 3.8) is 0 Å². The highest BCUT2D eigenvalue weighted by Crippen LogP contribution is 2.29. The van der Waals surface area contributed by atoms with E-state index >= 15 is 0 Å². The van der Waals surface area contributed by atoms with Crippen LogP contribution in [0.4, 0.5) is 15.0 Å². The van der Waals surface area contributed by atoms with E-state index in [0.29, 0.717) is 26.2 Å². The van der Waals surface area contributed by atoms with Crippen LogP contribution < -0.4 is 10.2 Å². The van der Waals surface area contributed by atoms with E-state index in [1.165, 1.54) is 12.1 Å². The van der Waals surface area contributed by atoms with Crippen molar-refractivity contribution in [3.05, 3.63) is 72.6 Å². The summed E-state index contributed by atoms with van der Waals surface area (Å²) in [4.78, 5) is 33.2. The van der Waals surface area contributed by atoms with Crippen LogP contribution in [0, 0.1) is 5.82 Å². The fourth-order valence-electron chi connectivity index (χ4n) is 4.20. The normalized spacial score (nSPS) is 16.2. The maximum Gasteiger partial charge on any atom is 0.318 e. The number of urea groups is 1. The number of hydrogen-bond donors (Lipinski definition) is 2. The second-order valence-corrected chi connectivity index (χ2v) is 8.15. The third-order valence-electron chi connectivity index (χ3n) is 5.94. The third kappa shape index (κ3) is 4.34. The molecule has 4 aromatic rings. The van der Waals surface area contributed by atoms with Crippen LogP contribution in [0.2, 0.25) is 0 Å². The zero-order chi connectivity index (χ0) is 22.8. The van der Waals surface area contributed by atoms with E-state index in [9.17, 15) is 9.18 Å². The highest BCUT2D eigenvalue weighted by atomic mass is 19.1. The fourth-order valence-corrected chi connectivity index (χ4v) is 4.20. The topological polar surface area (TPSA) is 90.0 Å². The molecule has 168 valence electrons. The van der Waals surface area contributed by atoms with Crippen molar-refractivity contribution in [2.75, 3.05) is 24.5 Å². The molecule has 1 aliphatic heterocycles. The number of aromatic amines is 1. The summed E-state index contributed by atoms with van der Waals surface area (Å²) in [7, 11) is 0. The molecule has 8 nitrogen and oxygen atoms in total. The lowest BCUT2D eigenvalue weighted by atomic mass is 10.1. The minimum Gasteiger partial charge on any atom is -0.352 e. The second kappa shape index (κ2) is 8.85. The van der Waals surface area contributed by atoms with E-state index in [1.807, 2.05) is 24.0 Å². The van der Waals surface area contributed by atoms with Gasteiger partial charge in [0.25, 0.3) is 0 Å². The summed E-state index contributed by atoms with van der Waals surface area (Å²) in [5.74, 6) is 0.568. The molecule has 33 heavy (non-hydrogen) atoms. The molecule has 5 rings (SSSR count). The average molecular weight is 446 g/mol. The number of halogens is 1. The average Bonchev–Trinajstić information content (AvgIpc) is 3.28. The first-order valence-corrected chi connectivity index (χ1v) is 10.9. The van der Waals surface area contributed by atoms with E-state index in [1.54, 1.807) is 30.9 Å². The van der Waals surface area contributed by atoms with Crippen molar-refractivity contribution < 1.29 is 9.18 Å². The maximum atomic E-state index is 13.1. The number of fused-ring (bicyclic) bond motifs is 1. The van der Waals surface area contributed by atoms with Crippen molar-refractivity contribution in [1.29, 1.82) is 0 Å². The number of anilines is 1. The number of carbonyl (C=O) groups excluding carboxylic acids is 1. The van der Waals surface area contributed by atoms with Crippen LogP contribution in [0.15, 0.2) is 61.2 Å². The van der Waals surface area contributed by atoms with Gasteiger partial charge in [0.05, 0.1) is 5.39 Å². The van der Waals surface area contributed by atoms with E-state index in [-0.39, 0.29) is 17.9 Å². The first kappa shape index (κ1) is 20.9. The minimum absolute atomic E-state index is 0.00408. The number of piperazine rings is 1. The standard InChI is InChI=1S/C24H24FN7O/c1-16-14-31(10-11-32(16)24(33)27-13-17-2-4-19(25)5-3-17)23-20-12-21(18-6-8-26-9-7-18)30-22(20)28-15-29-23/h2-9,12,15-16H,10-11,13-14H2,1H3,(H,27,33)(H,28,29,30)/t16-/m1/s1. The molecule has 9 heteroatoms. The van der Waals surface area contributed by atoms with Crippen molar-refractivity contribution in [2.24, 2.45) is 0 Å². The summed E-state index contributed by atoms with van der Waals surface area (Å²) in [6.45, 7) is 4.28. The number of pyridine rings is 1. The molecule has 1 aromatic carbocycles. The summed E-state index contributed by atoms with van der Waals surface area (Å²) < 4.78 is 13.1. The van der Waals surface area contributed by atoms with Crippen molar-refractivity contribution >= 4 is 22.9 Å². The number of carbonyl (C=O) groups is 1. The predicted molar refractivity (Wildman–Crippen MR) is 124 cm³/mol. The highest BCUT2D eigenvalue weighted by molar-refractivity contribution is 5.92. The first-order valence-electron chi connectivity index (χ1n) is 10.9. The van der Waals surface area contributed by atoms with Gasteiger partial charge < -0.3 is 20.1 Å². The number of aromatic nitrogens is 4. The van der Waals surface area contributed by atoms with Crippen LogP contribution in [0.25, 0.3) is 22.3 Å². The SMILES string of the molecule is C[C@@H]1CN(c2ncnc3[nH]c(-c4ccncc4)cc23)CCN1C(=O)NCc1ccc(F)cc1. The van der Waals surface area contributed by atoms with Gasteiger partial charge in [0.15, 0.2) is 0 Å². The number of amides is 2. The molecule has 0 bridgehead atoms. The summed E-state index contributed by atoms with van der Waals surface area (Å²) in [6.07, 6.45) is 5.09. The van der Waals surface area contributed by atoms with Crippen LogP contribution in [0.1, 0.15) is 12.5 Å². The Morgan fingerprint density at radius 3 is 2.70 bits per heavy atom. The van der Waals surface area contributed by atoms with E-state index in [2.05, 4.69) is 36.2 Å². The van der Waals surface area contributed by atoms with E-state index in [4.69, 9.17) is 0 Å². The Kier molecular flexibility index (Phi) is 5.60. The molecule has 0 spiro atoms. The summed E-state index contributed by atoms with van der Waals surface area (Å²) >= 11 is 0. The fraction of sp³-hybridized carbons (Fsp3) is 0.250. The van der Waals surface area contributed by atoms with Gasteiger partial charge in [-0.15, -0.1) is 0 Å². The number of nitrogens with one attached hydrogen (secondary N) is 2. The van der Waals surface area contributed by atoms with Gasteiger partial charge in [0.2, 0.25) is 0 Å². The maximum absolute atomic E-state index is 13.1. The van der Waals surface area contributed by atoms with Crippen LogP contribution >= 0.6 is 0 Å². The smallest absolute Gasteiger partial charge is 0.318 e. The monoisotopic (exact) mass is 445 g/mol. The number of H-pyrrole nitrogens is 1. The quantitative estimate of drug-likeness (QED) is 0.501. The number of nitrogens with zero attached hydrogens (tertiary/aromatic N) is 5. The van der Waals surface area contributed by atoms with Gasteiger partial charge >= 0.3 is 6.03 Å². The summed E-state index contributed by atoms with van der Waals surface area (Å²) in [5, 5.41) is 3.88. The summed E-state index contributed by atoms with van der Waals surface area (Å²) in [6, 6.07) is 12.0. The molecule has 0 saturated carbocycles. The van der Waals surface area contributed by atoms with Crippen LogP contribution in [-0.4, -0.2) is 56.5 Å². The Morgan fingerprint density at radius 1 is 1.15 bits per heavy atom. The molecule has 2 N–H and O–H groups in total. The van der Waals surface area contributed by atoms with Gasteiger partial charge in [-0.05, 0) is 42.8 Å². The lowest BCUT2D eigenvalue weighted by Gasteiger charge is -2.40. The molecule has 0 radical (unpaired) electrons. The van der Waals surface area contributed by atoms with Gasteiger partial charge in [0, 0.05) is 55.9 Å². The van der Waals surface area contributed by atoms with Crippen LogP contribution in [0.3, 0.4) is 0 Å². The van der Waals surface area contributed by atoms with E-state index in [0.717, 1.165) is 33.7 Å². The number of benzene rings is 1. The Bertz CT molecular complexity index is 1260. The van der Waals surface area contributed by atoms with Gasteiger partial charge in [-0.3, -0.25) is 4.98 Å². The van der Waals surface area contributed by atoms with Gasteiger partial charge in [-0.25, -0.2) is 19.2 Å². The molecule has 0 aliphatic carbocycles. The summed E-state index contributed by atoms with van der Waals surface area (Å²) in [5.41, 5.74) is 3.63. The molecular formula is C24H24FN7O. The number of hydrogen-bond acceptors (Lipinski definition) is 5. The Balaban J connectivity index is 1.28. The van der Waals surface area contributed by atoms with Gasteiger partial charge in [-0.2, -0.15) is 0 Å². The van der Waals surface area contributed by atoms with Crippen LogP contribution in [0.5, 0.6) is 0 Å². The largest absolute Gasteiger partial charge is 0.352 e. The molecule has 1 fully saturated rings. The molecule has 1 aliphatic rings. The Labute approximate surface area is 190 Å².